The summed E-state index contributed by atoms with van der Waals surface area (Å²) in [4.78, 5) is 7.70. The first kappa shape index (κ1) is 16.2. The highest BCUT2D eigenvalue weighted by atomic mass is 19.4. The number of alkyl halides is 3. The van der Waals surface area contributed by atoms with Crippen molar-refractivity contribution in [2.75, 3.05) is 0 Å². The van der Waals surface area contributed by atoms with Gasteiger partial charge in [-0.2, -0.15) is 18.2 Å². The molecule has 0 amide bonds. The lowest BCUT2D eigenvalue weighted by atomic mass is 10.1. The normalized spacial score (nSPS) is 12.1. The zero-order valence-electron chi connectivity index (χ0n) is 13.1. The van der Waals surface area contributed by atoms with E-state index in [0.29, 0.717) is 18.0 Å². The molecule has 0 saturated heterocycles. The van der Waals surface area contributed by atoms with E-state index in [-0.39, 0.29) is 5.82 Å². The molecule has 0 spiro atoms. The summed E-state index contributed by atoms with van der Waals surface area (Å²) >= 11 is 0. The van der Waals surface area contributed by atoms with Gasteiger partial charge < -0.3 is 9.09 Å². The number of halogens is 3. The zero-order valence-corrected chi connectivity index (χ0v) is 13.1. The second-order valence-corrected chi connectivity index (χ2v) is 5.69. The van der Waals surface area contributed by atoms with E-state index in [1.165, 1.54) is 0 Å². The van der Waals surface area contributed by atoms with Crippen molar-refractivity contribution in [3.05, 3.63) is 53.9 Å². The maximum atomic E-state index is 12.5. The van der Waals surface area contributed by atoms with Gasteiger partial charge in [-0.25, -0.2) is 4.98 Å². The maximum absolute atomic E-state index is 12.5. The molecule has 0 saturated carbocycles. The Hall–Kier alpha value is -2.64. The lowest BCUT2D eigenvalue weighted by molar-refractivity contribution is -0.159. The zero-order chi connectivity index (χ0) is 17.3. The lowest BCUT2D eigenvalue weighted by Gasteiger charge is -2.10. The number of hydrogen-bond acceptors (Lipinski definition) is 4. The monoisotopic (exact) mass is 336 g/mol. The second kappa shape index (κ2) is 6.10. The van der Waals surface area contributed by atoms with E-state index in [1.54, 1.807) is 18.3 Å². The lowest BCUT2D eigenvalue weighted by Crippen LogP contribution is -2.05. The van der Waals surface area contributed by atoms with Crippen molar-refractivity contribution in [3.8, 4) is 11.4 Å². The first-order chi connectivity index (χ1) is 11.3. The second-order valence-electron chi connectivity index (χ2n) is 5.69. The fourth-order valence-electron chi connectivity index (χ4n) is 2.37. The third-order valence-corrected chi connectivity index (χ3v) is 3.50. The van der Waals surface area contributed by atoms with Crippen molar-refractivity contribution >= 4 is 0 Å². The summed E-state index contributed by atoms with van der Waals surface area (Å²) in [6.45, 7) is 4.76. The summed E-state index contributed by atoms with van der Waals surface area (Å²) in [6, 6.07) is 6.99. The fraction of sp³-hybridized carbons (Fsp3) is 0.312. The van der Waals surface area contributed by atoms with Crippen molar-refractivity contribution in [1.29, 1.82) is 0 Å². The fourth-order valence-corrected chi connectivity index (χ4v) is 2.37. The van der Waals surface area contributed by atoms with Gasteiger partial charge >= 0.3 is 12.1 Å². The minimum Gasteiger partial charge on any atom is -0.330 e. The smallest absolute Gasteiger partial charge is 0.330 e. The largest absolute Gasteiger partial charge is 0.471 e. The molecule has 126 valence electrons. The number of hydrogen-bond donors (Lipinski definition) is 0. The SMILES string of the molecule is CC(C)c1nccn1Cc1ccc(-c2noc(C(F)(F)F)n2)cc1. The van der Waals surface area contributed by atoms with Gasteiger partial charge in [-0.15, -0.1) is 0 Å². The molecule has 0 atom stereocenters. The average molecular weight is 336 g/mol. The summed E-state index contributed by atoms with van der Waals surface area (Å²) in [5.74, 6) is -0.146. The van der Waals surface area contributed by atoms with Crippen molar-refractivity contribution in [3.63, 3.8) is 0 Å². The van der Waals surface area contributed by atoms with Crippen LogP contribution < -0.4 is 0 Å². The van der Waals surface area contributed by atoms with E-state index < -0.39 is 12.1 Å². The van der Waals surface area contributed by atoms with E-state index in [2.05, 4.69) is 33.5 Å². The van der Waals surface area contributed by atoms with Crippen molar-refractivity contribution in [1.82, 2.24) is 19.7 Å². The summed E-state index contributed by atoms with van der Waals surface area (Å²) < 4.78 is 43.8. The number of benzene rings is 1. The van der Waals surface area contributed by atoms with Crippen molar-refractivity contribution < 1.29 is 17.7 Å². The highest BCUT2D eigenvalue weighted by molar-refractivity contribution is 5.54. The van der Waals surface area contributed by atoms with Gasteiger partial charge in [0.2, 0.25) is 5.82 Å². The Bertz CT molecular complexity index is 818. The third kappa shape index (κ3) is 3.32. The van der Waals surface area contributed by atoms with Crippen molar-refractivity contribution in [2.45, 2.75) is 32.5 Å². The van der Waals surface area contributed by atoms with Gasteiger partial charge in [-0.3, -0.25) is 0 Å². The highest BCUT2D eigenvalue weighted by Crippen LogP contribution is 2.29. The maximum Gasteiger partial charge on any atom is 0.471 e. The van der Waals surface area contributed by atoms with Crippen LogP contribution in [0.5, 0.6) is 0 Å². The molecule has 0 aliphatic carbocycles. The minimum absolute atomic E-state index is 0.0839. The standard InChI is InChI=1S/C16H15F3N4O/c1-10(2)14-20-7-8-23(14)9-11-3-5-12(6-4-11)13-21-15(24-22-13)16(17,18)19/h3-8,10H,9H2,1-2H3. The number of rotatable bonds is 4. The Balaban J connectivity index is 1.78. The van der Waals surface area contributed by atoms with Crippen LogP contribution in [0.15, 0.2) is 41.2 Å². The predicted molar refractivity (Wildman–Crippen MR) is 80.2 cm³/mol. The molecule has 0 aliphatic heterocycles. The van der Waals surface area contributed by atoms with Crippen LogP contribution in [-0.4, -0.2) is 19.7 Å². The van der Waals surface area contributed by atoms with Gasteiger partial charge in [0, 0.05) is 30.4 Å². The number of nitrogens with zero attached hydrogens (tertiary/aromatic N) is 4. The van der Waals surface area contributed by atoms with Gasteiger partial charge in [0.05, 0.1) is 0 Å². The molecule has 0 fully saturated rings. The molecule has 24 heavy (non-hydrogen) atoms. The molecule has 8 heteroatoms. The van der Waals surface area contributed by atoms with E-state index in [9.17, 15) is 13.2 Å². The molecular weight excluding hydrogens is 321 g/mol. The quantitative estimate of drug-likeness (QED) is 0.719. The van der Waals surface area contributed by atoms with Crippen LogP contribution in [-0.2, 0) is 12.7 Å². The number of imidazole rings is 1. The summed E-state index contributed by atoms with van der Waals surface area (Å²) in [7, 11) is 0. The summed E-state index contributed by atoms with van der Waals surface area (Å²) in [6.07, 6.45) is -0.987. The molecule has 0 radical (unpaired) electrons. The summed E-state index contributed by atoms with van der Waals surface area (Å²) in [5, 5.41) is 3.37. The van der Waals surface area contributed by atoms with Crippen LogP contribution in [0.1, 0.15) is 37.0 Å². The van der Waals surface area contributed by atoms with Gasteiger partial charge in [-0.1, -0.05) is 43.3 Å². The van der Waals surface area contributed by atoms with Gasteiger partial charge in [-0.05, 0) is 5.56 Å². The third-order valence-electron chi connectivity index (χ3n) is 3.50. The molecule has 2 aromatic heterocycles. The first-order valence-electron chi connectivity index (χ1n) is 7.36. The van der Waals surface area contributed by atoms with Crippen LogP contribution in [0.4, 0.5) is 13.2 Å². The van der Waals surface area contributed by atoms with Crippen LogP contribution in [0.2, 0.25) is 0 Å². The molecule has 3 aromatic rings. The molecular formula is C16H15F3N4O. The molecule has 0 unspecified atom stereocenters. The summed E-state index contributed by atoms with van der Waals surface area (Å²) in [5.41, 5.74) is 1.46. The Morgan fingerprint density at radius 1 is 1.17 bits per heavy atom. The van der Waals surface area contributed by atoms with E-state index in [0.717, 1.165) is 11.4 Å². The van der Waals surface area contributed by atoms with E-state index in [1.807, 2.05) is 22.9 Å². The van der Waals surface area contributed by atoms with Crippen LogP contribution in [0, 0.1) is 0 Å². The highest BCUT2D eigenvalue weighted by Gasteiger charge is 2.38. The minimum atomic E-state index is -4.64. The van der Waals surface area contributed by atoms with E-state index >= 15 is 0 Å². The Kier molecular flexibility index (Phi) is 4.13. The Labute approximate surface area is 136 Å². The molecule has 5 nitrogen and oxygen atoms in total. The molecule has 3 rings (SSSR count). The predicted octanol–water partition coefficient (Wildman–Crippen LogP) is 4.12. The van der Waals surface area contributed by atoms with Gasteiger partial charge in [0.15, 0.2) is 0 Å². The first-order valence-corrected chi connectivity index (χ1v) is 7.36. The topological polar surface area (TPSA) is 56.7 Å². The van der Waals surface area contributed by atoms with Crippen LogP contribution >= 0.6 is 0 Å². The van der Waals surface area contributed by atoms with Crippen LogP contribution in [0.25, 0.3) is 11.4 Å². The molecule has 0 bridgehead atoms. The Morgan fingerprint density at radius 3 is 2.46 bits per heavy atom. The van der Waals surface area contributed by atoms with Gasteiger partial charge in [0.1, 0.15) is 5.82 Å². The average Bonchev–Trinajstić information content (AvgIpc) is 3.16. The van der Waals surface area contributed by atoms with Crippen molar-refractivity contribution in [2.24, 2.45) is 0 Å². The van der Waals surface area contributed by atoms with Crippen LogP contribution in [0.3, 0.4) is 0 Å². The molecule has 0 N–H and O–H groups in total. The Morgan fingerprint density at radius 2 is 1.88 bits per heavy atom. The number of aromatic nitrogens is 4. The molecule has 0 aliphatic rings. The molecule has 2 heterocycles. The van der Waals surface area contributed by atoms with E-state index in [4.69, 9.17) is 0 Å². The molecule has 1 aromatic carbocycles. The van der Waals surface area contributed by atoms with Gasteiger partial charge in [0.25, 0.3) is 0 Å².